The molecule has 2 unspecified atom stereocenters. The Morgan fingerprint density at radius 3 is 2.41 bits per heavy atom. The van der Waals surface area contributed by atoms with E-state index in [0.29, 0.717) is 24.5 Å². The summed E-state index contributed by atoms with van der Waals surface area (Å²) in [7, 11) is 0. The van der Waals surface area contributed by atoms with Crippen LogP contribution in [0.4, 0.5) is 23.5 Å². The number of aryl methyl sites for hydroxylation is 1. The molecule has 0 aliphatic carbocycles. The second-order valence-electron chi connectivity index (χ2n) is 6.53. The number of piperidine rings is 1. The molecule has 1 aromatic heterocycles. The van der Waals surface area contributed by atoms with Crippen LogP contribution >= 0.6 is 0 Å². The summed E-state index contributed by atoms with van der Waals surface area (Å²) >= 11 is 0. The third-order valence-corrected chi connectivity index (χ3v) is 4.54. The Morgan fingerprint density at radius 2 is 1.81 bits per heavy atom. The molecule has 1 aliphatic heterocycles. The number of amides is 1. The van der Waals surface area contributed by atoms with Crippen molar-refractivity contribution in [3.8, 4) is 0 Å². The van der Waals surface area contributed by atoms with Gasteiger partial charge in [0.15, 0.2) is 0 Å². The van der Waals surface area contributed by atoms with E-state index < -0.39 is 23.9 Å². The molecule has 3 rings (SSSR count). The first-order valence-corrected chi connectivity index (χ1v) is 8.41. The van der Waals surface area contributed by atoms with Crippen LogP contribution in [0.1, 0.15) is 23.5 Å². The Balaban J connectivity index is 1.84. The van der Waals surface area contributed by atoms with Crippen LogP contribution in [0.15, 0.2) is 36.7 Å². The fourth-order valence-electron chi connectivity index (χ4n) is 3.19. The lowest BCUT2D eigenvalue weighted by molar-refractivity contribution is -0.174. The molecule has 5 nitrogen and oxygen atoms in total. The number of carbonyl (C=O) groups is 1. The molecule has 1 aromatic carbocycles. The number of aromatic nitrogens is 2. The minimum atomic E-state index is -4.98. The van der Waals surface area contributed by atoms with Gasteiger partial charge in [-0.25, -0.2) is 14.4 Å². The summed E-state index contributed by atoms with van der Waals surface area (Å²) < 4.78 is 51.4. The average Bonchev–Trinajstić information content (AvgIpc) is 2.62. The van der Waals surface area contributed by atoms with Crippen molar-refractivity contribution in [3.63, 3.8) is 0 Å². The summed E-state index contributed by atoms with van der Waals surface area (Å²) in [5.74, 6) is -2.41. The maximum Gasteiger partial charge on any atom is 0.471 e. The molecule has 0 saturated carbocycles. The number of nitrogens with one attached hydrogen (secondary N) is 1. The second kappa shape index (κ2) is 7.50. The van der Waals surface area contributed by atoms with E-state index in [0.717, 1.165) is 5.56 Å². The first kappa shape index (κ1) is 19.1. The van der Waals surface area contributed by atoms with Crippen LogP contribution in [0.5, 0.6) is 0 Å². The Hall–Kier alpha value is -2.71. The minimum Gasteiger partial charge on any atom is -0.343 e. The van der Waals surface area contributed by atoms with Gasteiger partial charge in [-0.2, -0.15) is 13.2 Å². The van der Waals surface area contributed by atoms with E-state index in [1.165, 1.54) is 24.3 Å². The monoisotopic (exact) mass is 382 g/mol. The lowest BCUT2D eigenvalue weighted by Gasteiger charge is -2.39. The summed E-state index contributed by atoms with van der Waals surface area (Å²) in [5.41, 5.74) is 1.54. The largest absolute Gasteiger partial charge is 0.471 e. The predicted octanol–water partition coefficient (Wildman–Crippen LogP) is 2.97. The number of rotatable bonds is 3. The molecule has 2 heterocycles. The van der Waals surface area contributed by atoms with Gasteiger partial charge in [0.1, 0.15) is 5.82 Å². The second-order valence-corrected chi connectivity index (χ2v) is 6.53. The van der Waals surface area contributed by atoms with Gasteiger partial charge in [0.25, 0.3) is 0 Å². The Kier molecular flexibility index (Phi) is 5.29. The van der Waals surface area contributed by atoms with Crippen molar-refractivity contribution in [2.45, 2.75) is 31.5 Å². The highest BCUT2D eigenvalue weighted by molar-refractivity contribution is 5.82. The van der Waals surface area contributed by atoms with Crippen LogP contribution < -0.4 is 10.2 Å². The molecule has 1 saturated heterocycles. The van der Waals surface area contributed by atoms with E-state index in [9.17, 15) is 22.4 Å². The van der Waals surface area contributed by atoms with Crippen LogP contribution in [0.3, 0.4) is 0 Å². The van der Waals surface area contributed by atoms with Gasteiger partial charge in [-0.3, -0.25) is 4.79 Å². The SMILES string of the molecule is Cc1cnc(N2CCC(c3ccc(F)cc3)C(NC(=O)C(F)(F)F)C2)nc1. The highest BCUT2D eigenvalue weighted by Crippen LogP contribution is 2.31. The molecule has 1 amide bonds. The molecule has 9 heteroatoms. The van der Waals surface area contributed by atoms with Crippen molar-refractivity contribution in [1.29, 1.82) is 0 Å². The molecule has 2 atom stereocenters. The summed E-state index contributed by atoms with van der Waals surface area (Å²) in [5, 5.41) is 2.08. The summed E-state index contributed by atoms with van der Waals surface area (Å²) in [4.78, 5) is 21.7. The summed E-state index contributed by atoms with van der Waals surface area (Å²) in [6.45, 7) is 2.45. The van der Waals surface area contributed by atoms with Crippen LogP contribution in [0.25, 0.3) is 0 Å². The zero-order valence-corrected chi connectivity index (χ0v) is 14.5. The number of nitrogens with zero attached hydrogens (tertiary/aromatic N) is 3. The van der Waals surface area contributed by atoms with Gasteiger partial charge in [0, 0.05) is 31.4 Å². The number of alkyl halides is 3. The van der Waals surface area contributed by atoms with Gasteiger partial charge in [-0.1, -0.05) is 12.1 Å². The van der Waals surface area contributed by atoms with Crippen molar-refractivity contribution in [2.24, 2.45) is 0 Å². The van der Waals surface area contributed by atoms with Crippen molar-refractivity contribution >= 4 is 11.9 Å². The lowest BCUT2D eigenvalue weighted by atomic mass is 9.85. The summed E-state index contributed by atoms with van der Waals surface area (Å²) in [6.07, 6.45) is -1.27. The van der Waals surface area contributed by atoms with Gasteiger partial charge in [-0.05, 0) is 36.6 Å². The Bertz CT molecular complexity index is 793. The quantitative estimate of drug-likeness (QED) is 0.830. The molecule has 1 N–H and O–H groups in total. The van der Waals surface area contributed by atoms with Crippen LogP contribution in [0.2, 0.25) is 0 Å². The predicted molar refractivity (Wildman–Crippen MR) is 90.7 cm³/mol. The molecule has 2 aromatic rings. The summed E-state index contributed by atoms with van der Waals surface area (Å²) in [6, 6.07) is 4.76. The topological polar surface area (TPSA) is 58.1 Å². The first-order chi connectivity index (χ1) is 12.7. The van der Waals surface area contributed by atoms with Gasteiger partial charge in [0.2, 0.25) is 5.95 Å². The van der Waals surface area contributed by atoms with Gasteiger partial charge >= 0.3 is 12.1 Å². The fraction of sp³-hybridized carbons (Fsp3) is 0.389. The maximum absolute atomic E-state index is 13.2. The van der Waals surface area contributed by atoms with E-state index in [4.69, 9.17) is 0 Å². The highest BCUT2D eigenvalue weighted by Gasteiger charge is 2.42. The van der Waals surface area contributed by atoms with E-state index in [-0.39, 0.29) is 12.5 Å². The smallest absolute Gasteiger partial charge is 0.343 e. The molecule has 1 aliphatic rings. The lowest BCUT2D eigenvalue weighted by Crippen LogP contribution is -2.54. The van der Waals surface area contributed by atoms with Crippen LogP contribution in [0, 0.1) is 12.7 Å². The number of carbonyl (C=O) groups excluding carboxylic acids is 1. The normalized spacial score (nSPS) is 20.4. The van der Waals surface area contributed by atoms with Gasteiger partial charge < -0.3 is 10.2 Å². The molecule has 1 fully saturated rings. The minimum absolute atomic E-state index is 0.118. The third kappa shape index (κ3) is 4.53. The molecular weight excluding hydrogens is 364 g/mol. The Morgan fingerprint density at radius 1 is 1.19 bits per heavy atom. The fourth-order valence-corrected chi connectivity index (χ4v) is 3.19. The first-order valence-electron chi connectivity index (χ1n) is 8.41. The van der Waals surface area contributed by atoms with Crippen LogP contribution in [-0.2, 0) is 4.79 Å². The molecule has 0 spiro atoms. The van der Waals surface area contributed by atoms with E-state index in [2.05, 4.69) is 15.3 Å². The van der Waals surface area contributed by atoms with Crippen molar-refractivity contribution in [2.75, 3.05) is 18.0 Å². The number of hydrogen-bond donors (Lipinski definition) is 1. The Labute approximate surface area is 153 Å². The zero-order valence-electron chi connectivity index (χ0n) is 14.5. The van der Waals surface area contributed by atoms with Crippen molar-refractivity contribution in [1.82, 2.24) is 15.3 Å². The molecule has 144 valence electrons. The van der Waals surface area contributed by atoms with Crippen molar-refractivity contribution in [3.05, 3.63) is 53.6 Å². The van der Waals surface area contributed by atoms with Gasteiger partial charge in [-0.15, -0.1) is 0 Å². The zero-order chi connectivity index (χ0) is 19.6. The van der Waals surface area contributed by atoms with Crippen molar-refractivity contribution < 1.29 is 22.4 Å². The van der Waals surface area contributed by atoms with Gasteiger partial charge in [0.05, 0.1) is 6.04 Å². The third-order valence-electron chi connectivity index (χ3n) is 4.54. The molecular formula is C18H18F4N4O. The number of hydrogen-bond acceptors (Lipinski definition) is 4. The highest BCUT2D eigenvalue weighted by atomic mass is 19.4. The number of benzene rings is 1. The number of anilines is 1. The van der Waals surface area contributed by atoms with Crippen LogP contribution in [-0.4, -0.2) is 41.2 Å². The molecule has 0 bridgehead atoms. The maximum atomic E-state index is 13.2. The average molecular weight is 382 g/mol. The van der Waals surface area contributed by atoms with E-state index >= 15 is 0 Å². The van der Waals surface area contributed by atoms with E-state index in [1.807, 2.05) is 6.92 Å². The molecule has 27 heavy (non-hydrogen) atoms. The standard InChI is InChI=1S/C18H18F4N4O/c1-11-8-23-17(24-9-11)26-7-6-14(12-2-4-13(19)5-3-12)15(10-26)25-16(27)18(20,21)22/h2-5,8-9,14-15H,6-7,10H2,1H3,(H,25,27). The van der Waals surface area contributed by atoms with E-state index in [1.54, 1.807) is 17.3 Å². The molecule has 0 radical (unpaired) electrons. The number of halogens is 4.